The first-order valence-electron chi connectivity index (χ1n) is 4.61. The number of rotatable bonds is 4. The maximum absolute atomic E-state index is 8.86. The van der Waals surface area contributed by atoms with Crippen LogP contribution in [0.15, 0.2) is 0 Å². The van der Waals surface area contributed by atoms with E-state index in [1.54, 1.807) is 0 Å². The van der Waals surface area contributed by atoms with Gasteiger partial charge in [-0.3, -0.25) is 0 Å². The lowest BCUT2D eigenvalue weighted by Crippen LogP contribution is -2.46. The van der Waals surface area contributed by atoms with Crippen molar-refractivity contribution in [3.8, 4) is 0 Å². The van der Waals surface area contributed by atoms with Crippen LogP contribution in [0.5, 0.6) is 0 Å². The summed E-state index contributed by atoms with van der Waals surface area (Å²) in [7, 11) is 0. The molecule has 0 heterocycles. The van der Waals surface area contributed by atoms with Crippen molar-refractivity contribution in [3.63, 3.8) is 0 Å². The summed E-state index contributed by atoms with van der Waals surface area (Å²) >= 11 is 0. The first-order chi connectivity index (χ1) is 5.25. The maximum Gasteiger partial charge on any atom is 0.0436 e. The molecular weight excluding hydrogens is 138 g/mol. The van der Waals surface area contributed by atoms with Crippen LogP contribution in [0.3, 0.4) is 0 Å². The number of nitrogens with two attached hydrogens (primary N) is 1. The van der Waals surface area contributed by atoms with Crippen LogP contribution in [0.1, 0.15) is 39.0 Å². The summed E-state index contributed by atoms with van der Waals surface area (Å²) in [5.41, 5.74) is 6.30. The molecule has 66 valence electrons. The van der Waals surface area contributed by atoms with E-state index in [1.165, 1.54) is 19.3 Å². The van der Waals surface area contributed by atoms with Crippen molar-refractivity contribution < 1.29 is 5.11 Å². The van der Waals surface area contributed by atoms with Crippen LogP contribution in [-0.2, 0) is 0 Å². The molecule has 0 bridgehead atoms. The van der Waals surface area contributed by atoms with Gasteiger partial charge in [0.25, 0.3) is 0 Å². The summed E-state index contributed by atoms with van der Waals surface area (Å²) in [6.45, 7) is 2.43. The molecule has 0 spiro atoms. The lowest BCUT2D eigenvalue weighted by molar-refractivity contribution is 0.0556. The van der Waals surface area contributed by atoms with Gasteiger partial charge in [0.15, 0.2) is 0 Å². The van der Waals surface area contributed by atoms with Crippen molar-refractivity contribution in [2.75, 3.05) is 6.61 Å². The summed E-state index contributed by atoms with van der Waals surface area (Å²) in [4.78, 5) is 0. The molecule has 0 aromatic heterocycles. The Balaban J connectivity index is 2.45. The predicted octanol–water partition coefficient (Wildman–Crippen LogP) is 1.28. The molecule has 0 saturated heterocycles. The average molecular weight is 157 g/mol. The molecule has 1 aliphatic rings. The van der Waals surface area contributed by atoms with Crippen molar-refractivity contribution >= 4 is 0 Å². The second-order valence-electron chi connectivity index (χ2n) is 3.70. The summed E-state index contributed by atoms with van der Waals surface area (Å²) < 4.78 is 0. The second-order valence-corrected chi connectivity index (χ2v) is 3.70. The Morgan fingerprint density at radius 2 is 2.18 bits per heavy atom. The van der Waals surface area contributed by atoms with E-state index in [4.69, 9.17) is 10.8 Å². The highest BCUT2D eigenvalue weighted by molar-refractivity contribution is 4.94. The third-order valence-corrected chi connectivity index (χ3v) is 3.19. The Morgan fingerprint density at radius 3 is 2.45 bits per heavy atom. The fourth-order valence-electron chi connectivity index (χ4n) is 2.09. The lowest BCUT2D eigenvalue weighted by Gasteiger charge is -2.46. The third kappa shape index (κ3) is 1.57. The van der Waals surface area contributed by atoms with Gasteiger partial charge < -0.3 is 10.8 Å². The Kier molecular flexibility index (Phi) is 2.90. The first-order valence-corrected chi connectivity index (χ1v) is 4.61. The molecule has 1 unspecified atom stereocenters. The van der Waals surface area contributed by atoms with Gasteiger partial charge in [-0.2, -0.15) is 0 Å². The van der Waals surface area contributed by atoms with Crippen LogP contribution < -0.4 is 5.73 Å². The molecule has 1 saturated carbocycles. The van der Waals surface area contributed by atoms with Gasteiger partial charge >= 0.3 is 0 Å². The third-order valence-electron chi connectivity index (χ3n) is 3.19. The number of hydrogen-bond donors (Lipinski definition) is 2. The smallest absolute Gasteiger partial charge is 0.0436 e. The zero-order valence-corrected chi connectivity index (χ0v) is 7.34. The van der Waals surface area contributed by atoms with Gasteiger partial charge in [-0.15, -0.1) is 0 Å². The van der Waals surface area contributed by atoms with Gasteiger partial charge in [0.2, 0.25) is 0 Å². The fourth-order valence-corrected chi connectivity index (χ4v) is 2.09. The summed E-state index contributed by atoms with van der Waals surface area (Å²) in [5, 5.41) is 8.86. The van der Waals surface area contributed by atoms with E-state index in [0.717, 1.165) is 12.8 Å². The van der Waals surface area contributed by atoms with E-state index < -0.39 is 0 Å². The first kappa shape index (κ1) is 9.01. The van der Waals surface area contributed by atoms with Crippen molar-refractivity contribution in [3.05, 3.63) is 0 Å². The standard InChI is InChI=1S/C9H19NO/c1-2-8(10)9(6-7-11)4-3-5-9/h8,11H,2-7,10H2,1H3. The monoisotopic (exact) mass is 157 g/mol. The molecule has 2 nitrogen and oxygen atoms in total. The van der Waals surface area contributed by atoms with Crippen LogP contribution in [0.25, 0.3) is 0 Å². The van der Waals surface area contributed by atoms with Crippen LogP contribution in [-0.4, -0.2) is 17.8 Å². The Hall–Kier alpha value is -0.0800. The van der Waals surface area contributed by atoms with E-state index in [-0.39, 0.29) is 0 Å². The van der Waals surface area contributed by atoms with E-state index in [2.05, 4.69) is 6.92 Å². The van der Waals surface area contributed by atoms with Crippen molar-refractivity contribution in [2.24, 2.45) is 11.1 Å². The number of hydrogen-bond acceptors (Lipinski definition) is 2. The van der Waals surface area contributed by atoms with Crippen LogP contribution in [0.4, 0.5) is 0 Å². The van der Waals surface area contributed by atoms with Crippen molar-refractivity contribution in [1.82, 2.24) is 0 Å². The zero-order chi connectivity index (χ0) is 8.32. The topological polar surface area (TPSA) is 46.2 Å². The zero-order valence-electron chi connectivity index (χ0n) is 7.34. The minimum Gasteiger partial charge on any atom is -0.396 e. The SMILES string of the molecule is CCC(N)C1(CCO)CCC1. The highest BCUT2D eigenvalue weighted by Crippen LogP contribution is 2.46. The molecular formula is C9H19NO. The van der Waals surface area contributed by atoms with E-state index in [0.29, 0.717) is 18.1 Å². The molecule has 1 fully saturated rings. The summed E-state index contributed by atoms with van der Waals surface area (Å²) in [6.07, 6.45) is 5.70. The average Bonchev–Trinajstić information content (AvgIpc) is 1.95. The van der Waals surface area contributed by atoms with Crippen molar-refractivity contribution in [2.45, 2.75) is 45.1 Å². The summed E-state index contributed by atoms with van der Waals surface area (Å²) in [6, 6.07) is 0.309. The quantitative estimate of drug-likeness (QED) is 0.645. The molecule has 0 aromatic rings. The molecule has 0 radical (unpaired) electrons. The second kappa shape index (κ2) is 3.55. The highest BCUT2D eigenvalue weighted by atomic mass is 16.3. The molecule has 0 aromatic carbocycles. The Morgan fingerprint density at radius 1 is 1.55 bits per heavy atom. The molecule has 0 aliphatic heterocycles. The summed E-state index contributed by atoms with van der Waals surface area (Å²) in [5.74, 6) is 0. The molecule has 1 aliphatic carbocycles. The van der Waals surface area contributed by atoms with Crippen LogP contribution >= 0.6 is 0 Å². The minimum atomic E-state index is 0.299. The predicted molar refractivity (Wildman–Crippen MR) is 46.3 cm³/mol. The minimum absolute atomic E-state index is 0.299. The highest BCUT2D eigenvalue weighted by Gasteiger charge is 2.40. The van der Waals surface area contributed by atoms with Crippen LogP contribution in [0.2, 0.25) is 0 Å². The number of aliphatic hydroxyl groups is 1. The maximum atomic E-state index is 8.86. The Bertz CT molecular complexity index is 121. The normalized spacial score (nSPS) is 24.3. The van der Waals surface area contributed by atoms with Gasteiger partial charge in [-0.05, 0) is 31.1 Å². The lowest BCUT2D eigenvalue weighted by atomic mass is 9.62. The van der Waals surface area contributed by atoms with Crippen LogP contribution in [0, 0.1) is 5.41 Å². The van der Waals surface area contributed by atoms with Gasteiger partial charge in [0.1, 0.15) is 0 Å². The van der Waals surface area contributed by atoms with E-state index in [1.807, 2.05) is 0 Å². The van der Waals surface area contributed by atoms with Gasteiger partial charge in [0, 0.05) is 12.6 Å². The van der Waals surface area contributed by atoms with Gasteiger partial charge in [-0.1, -0.05) is 13.3 Å². The van der Waals surface area contributed by atoms with E-state index >= 15 is 0 Å². The molecule has 11 heavy (non-hydrogen) atoms. The Labute approximate surface area is 68.8 Å². The molecule has 2 heteroatoms. The largest absolute Gasteiger partial charge is 0.396 e. The van der Waals surface area contributed by atoms with Gasteiger partial charge in [0.05, 0.1) is 0 Å². The molecule has 1 rings (SSSR count). The number of aliphatic hydroxyl groups excluding tert-OH is 1. The molecule has 3 N–H and O–H groups in total. The van der Waals surface area contributed by atoms with Crippen molar-refractivity contribution in [1.29, 1.82) is 0 Å². The molecule has 1 atom stereocenters. The van der Waals surface area contributed by atoms with E-state index in [9.17, 15) is 0 Å². The fraction of sp³-hybridized carbons (Fsp3) is 1.00. The van der Waals surface area contributed by atoms with Gasteiger partial charge in [-0.25, -0.2) is 0 Å². The molecule has 0 amide bonds.